The number of ether oxygens (including phenoxy) is 2. The molecule has 1 N–H and O–H groups in total. The largest absolute Gasteiger partial charge is 0.490 e. The second-order valence-corrected chi connectivity index (χ2v) is 7.49. The van der Waals surface area contributed by atoms with Crippen LogP contribution in [0.1, 0.15) is 13.8 Å². The third-order valence-electron chi connectivity index (χ3n) is 3.84. The standard InChI is InChI=1S/C16H24N2O6S/c1-3-23-14-6-5-13(11-15(14)24-4-2)25(21,22)18-9-7-17(8-10-18)12-16(19)20/h5-6,11H,3-4,7-10,12H2,1-2H3,(H,19,20). The maximum absolute atomic E-state index is 12.8. The molecule has 1 fully saturated rings. The van der Waals surface area contributed by atoms with E-state index in [0.29, 0.717) is 37.8 Å². The van der Waals surface area contributed by atoms with Crippen molar-refractivity contribution in [2.45, 2.75) is 18.7 Å². The lowest BCUT2D eigenvalue weighted by Crippen LogP contribution is -2.49. The molecule has 0 saturated carbocycles. The first-order valence-corrected chi connectivity index (χ1v) is 9.66. The van der Waals surface area contributed by atoms with Crippen LogP contribution in [0.5, 0.6) is 11.5 Å². The van der Waals surface area contributed by atoms with Crippen molar-refractivity contribution in [3.8, 4) is 11.5 Å². The third-order valence-corrected chi connectivity index (χ3v) is 5.74. The zero-order valence-corrected chi connectivity index (χ0v) is 15.3. The van der Waals surface area contributed by atoms with E-state index in [1.165, 1.54) is 16.4 Å². The van der Waals surface area contributed by atoms with E-state index in [0.717, 1.165) is 0 Å². The molecule has 1 aliphatic rings. The number of carbonyl (C=O) groups is 1. The van der Waals surface area contributed by atoms with Crippen LogP contribution in [-0.2, 0) is 14.8 Å². The summed E-state index contributed by atoms with van der Waals surface area (Å²) in [5.41, 5.74) is 0. The summed E-state index contributed by atoms with van der Waals surface area (Å²) < 4.78 is 38.0. The summed E-state index contributed by atoms with van der Waals surface area (Å²) >= 11 is 0. The summed E-state index contributed by atoms with van der Waals surface area (Å²) in [5, 5.41) is 8.82. The van der Waals surface area contributed by atoms with E-state index in [9.17, 15) is 13.2 Å². The van der Waals surface area contributed by atoms with Gasteiger partial charge in [0.25, 0.3) is 0 Å². The van der Waals surface area contributed by atoms with Gasteiger partial charge in [0.1, 0.15) is 0 Å². The Morgan fingerprint density at radius 2 is 1.68 bits per heavy atom. The molecule has 1 aliphatic heterocycles. The first kappa shape index (κ1) is 19.5. The predicted molar refractivity (Wildman–Crippen MR) is 91.6 cm³/mol. The van der Waals surface area contributed by atoms with E-state index >= 15 is 0 Å². The Labute approximate surface area is 148 Å². The molecule has 8 nitrogen and oxygen atoms in total. The molecule has 9 heteroatoms. The van der Waals surface area contributed by atoms with Gasteiger partial charge >= 0.3 is 5.97 Å². The van der Waals surface area contributed by atoms with Crippen LogP contribution in [0.3, 0.4) is 0 Å². The first-order valence-electron chi connectivity index (χ1n) is 8.22. The highest BCUT2D eigenvalue weighted by atomic mass is 32.2. The van der Waals surface area contributed by atoms with Gasteiger partial charge in [-0.15, -0.1) is 0 Å². The number of hydrogen-bond acceptors (Lipinski definition) is 6. The lowest BCUT2D eigenvalue weighted by molar-refractivity contribution is -0.138. The van der Waals surface area contributed by atoms with E-state index < -0.39 is 16.0 Å². The molecular formula is C16H24N2O6S. The molecule has 0 aromatic heterocycles. The van der Waals surface area contributed by atoms with Crippen molar-refractivity contribution in [2.24, 2.45) is 0 Å². The second-order valence-electron chi connectivity index (χ2n) is 5.55. The van der Waals surface area contributed by atoms with Gasteiger partial charge in [-0.1, -0.05) is 0 Å². The topological polar surface area (TPSA) is 96.4 Å². The quantitative estimate of drug-likeness (QED) is 0.723. The fourth-order valence-electron chi connectivity index (χ4n) is 2.66. The van der Waals surface area contributed by atoms with E-state index in [1.54, 1.807) is 11.0 Å². The average Bonchev–Trinajstić information content (AvgIpc) is 2.56. The molecule has 0 atom stereocenters. The van der Waals surface area contributed by atoms with E-state index in [2.05, 4.69) is 0 Å². The number of hydrogen-bond donors (Lipinski definition) is 1. The minimum atomic E-state index is -3.66. The molecule has 0 bridgehead atoms. The smallest absolute Gasteiger partial charge is 0.317 e. The Kier molecular flexibility index (Phi) is 6.63. The van der Waals surface area contributed by atoms with E-state index in [-0.39, 0.29) is 24.5 Å². The number of benzene rings is 1. The fourth-order valence-corrected chi connectivity index (χ4v) is 4.10. The summed E-state index contributed by atoms with van der Waals surface area (Å²) in [6, 6.07) is 4.59. The summed E-state index contributed by atoms with van der Waals surface area (Å²) in [4.78, 5) is 12.6. The molecule has 2 rings (SSSR count). The van der Waals surface area contributed by atoms with Gasteiger partial charge in [-0.2, -0.15) is 4.31 Å². The van der Waals surface area contributed by atoms with Gasteiger partial charge in [0.2, 0.25) is 10.0 Å². The summed E-state index contributed by atoms with van der Waals surface area (Å²) in [6.07, 6.45) is 0. The average molecular weight is 372 g/mol. The first-order chi connectivity index (χ1) is 11.9. The molecule has 0 aliphatic carbocycles. The lowest BCUT2D eigenvalue weighted by Gasteiger charge is -2.33. The zero-order valence-electron chi connectivity index (χ0n) is 14.5. The molecule has 0 spiro atoms. The molecule has 0 radical (unpaired) electrons. The van der Waals surface area contributed by atoms with Gasteiger partial charge in [-0.3, -0.25) is 9.69 Å². The Hall–Kier alpha value is -1.84. The van der Waals surface area contributed by atoms with Crippen molar-refractivity contribution >= 4 is 16.0 Å². The maximum atomic E-state index is 12.8. The number of carboxylic acid groups (broad SMARTS) is 1. The van der Waals surface area contributed by atoms with Gasteiger partial charge in [-0.25, -0.2) is 8.42 Å². The van der Waals surface area contributed by atoms with Crippen LogP contribution in [0.2, 0.25) is 0 Å². The van der Waals surface area contributed by atoms with Gasteiger partial charge in [0.15, 0.2) is 11.5 Å². The normalized spacial score (nSPS) is 16.6. The monoisotopic (exact) mass is 372 g/mol. The molecule has 0 amide bonds. The van der Waals surface area contributed by atoms with Crippen LogP contribution in [0, 0.1) is 0 Å². The van der Waals surface area contributed by atoms with Crippen LogP contribution in [-0.4, -0.2) is 74.6 Å². The third kappa shape index (κ3) is 4.83. The van der Waals surface area contributed by atoms with Crippen LogP contribution in [0.25, 0.3) is 0 Å². The minimum Gasteiger partial charge on any atom is -0.490 e. The number of aliphatic carboxylic acids is 1. The maximum Gasteiger partial charge on any atom is 0.317 e. The number of piperazine rings is 1. The van der Waals surface area contributed by atoms with E-state index in [1.807, 2.05) is 13.8 Å². The second kappa shape index (κ2) is 8.50. The zero-order chi connectivity index (χ0) is 18.4. The number of nitrogens with zero attached hydrogens (tertiary/aromatic N) is 2. The van der Waals surface area contributed by atoms with Crippen molar-refractivity contribution in [1.82, 2.24) is 9.21 Å². The molecule has 1 saturated heterocycles. The van der Waals surface area contributed by atoms with Crippen LogP contribution in [0.4, 0.5) is 0 Å². The van der Waals surface area contributed by atoms with Crippen molar-refractivity contribution in [3.63, 3.8) is 0 Å². The predicted octanol–water partition coefficient (Wildman–Crippen LogP) is 0.875. The molecule has 1 aromatic rings. The summed E-state index contributed by atoms with van der Waals surface area (Å²) in [5.74, 6) is -0.00584. The minimum absolute atomic E-state index is 0.0779. The highest BCUT2D eigenvalue weighted by Crippen LogP contribution is 2.31. The fraction of sp³-hybridized carbons (Fsp3) is 0.562. The Bertz CT molecular complexity index is 699. The van der Waals surface area contributed by atoms with Gasteiger partial charge in [-0.05, 0) is 26.0 Å². The van der Waals surface area contributed by atoms with Gasteiger partial charge in [0.05, 0.1) is 24.7 Å². The van der Waals surface area contributed by atoms with Crippen LogP contribution < -0.4 is 9.47 Å². The molecular weight excluding hydrogens is 348 g/mol. The highest BCUT2D eigenvalue weighted by Gasteiger charge is 2.29. The highest BCUT2D eigenvalue weighted by molar-refractivity contribution is 7.89. The number of rotatable bonds is 8. The van der Waals surface area contributed by atoms with E-state index in [4.69, 9.17) is 14.6 Å². The summed E-state index contributed by atoms with van der Waals surface area (Å²) in [6.45, 7) is 5.73. The molecule has 1 heterocycles. The Morgan fingerprint density at radius 1 is 1.08 bits per heavy atom. The Balaban J connectivity index is 2.16. The van der Waals surface area contributed by atoms with Crippen molar-refractivity contribution in [2.75, 3.05) is 45.9 Å². The SMILES string of the molecule is CCOc1ccc(S(=O)(=O)N2CCN(CC(=O)O)CC2)cc1OCC. The van der Waals surface area contributed by atoms with Crippen molar-refractivity contribution < 1.29 is 27.8 Å². The van der Waals surface area contributed by atoms with Crippen LogP contribution >= 0.6 is 0 Å². The molecule has 1 aromatic carbocycles. The number of carboxylic acids is 1. The molecule has 140 valence electrons. The van der Waals surface area contributed by atoms with Crippen molar-refractivity contribution in [3.05, 3.63) is 18.2 Å². The Morgan fingerprint density at radius 3 is 2.24 bits per heavy atom. The molecule has 25 heavy (non-hydrogen) atoms. The summed E-state index contributed by atoms with van der Waals surface area (Å²) in [7, 11) is -3.66. The van der Waals surface area contributed by atoms with Crippen LogP contribution in [0.15, 0.2) is 23.1 Å². The van der Waals surface area contributed by atoms with Crippen molar-refractivity contribution in [1.29, 1.82) is 0 Å². The lowest BCUT2D eigenvalue weighted by atomic mass is 10.3. The number of sulfonamides is 1. The van der Waals surface area contributed by atoms with Gasteiger partial charge in [0, 0.05) is 32.2 Å². The molecule has 0 unspecified atom stereocenters. The van der Waals surface area contributed by atoms with Gasteiger partial charge < -0.3 is 14.6 Å².